The smallest absolute Gasteiger partial charge is 0.306 e. The van der Waals surface area contributed by atoms with E-state index in [9.17, 15) is 14.7 Å². The fraction of sp³-hybridized carbons (Fsp3) is 0.824. The molecular formula is C91H166O5. The van der Waals surface area contributed by atoms with Crippen LogP contribution in [0.1, 0.15) is 463 Å². The third kappa shape index (κ3) is 83.5. The standard InChI is InChI=1S/C91H166O5/c1-3-5-7-9-11-13-15-17-19-21-23-25-27-29-31-33-35-37-39-41-43-45-47-49-51-53-55-57-59-61-63-65-67-69-71-73-75-77-79-81-83-85-90(93)95-88-89(87-92)96-91(94)86-84-82-80-78-76-74-72-70-68-66-64-62-60-58-56-54-52-50-48-46-44-42-40-38-36-34-32-30-28-26-24-22-20-18-16-14-12-10-8-6-4-2/h6,8,12,14-15,17-18,20-21,23-24,26,30,32,89,92H,3-5,7,9-11,13,16,19,22,25,27-29,31,33-88H2,1-2H3/b8-6-,14-12-,17-15-,20-18-,23-21-,26-24-,32-30-. The predicted molar refractivity (Wildman–Crippen MR) is 426 cm³/mol. The Morgan fingerprint density at radius 3 is 0.677 bits per heavy atom. The lowest BCUT2D eigenvalue weighted by molar-refractivity contribution is -0.161. The number of rotatable bonds is 81. The largest absolute Gasteiger partial charge is 0.462 e. The number of unbranched alkanes of at least 4 members (excludes halogenated alkanes) is 59. The third-order valence-electron chi connectivity index (χ3n) is 19.7. The summed E-state index contributed by atoms with van der Waals surface area (Å²) in [7, 11) is 0. The Bertz CT molecular complexity index is 1720. The summed E-state index contributed by atoms with van der Waals surface area (Å²) in [4.78, 5) is 24.8. The van der Waals surface area contributed by atoms with E-state index in [2.05, 4.69) is 98.9 Å². The van der Waals surface area contributed by atoms with Crippen molar-refractivity contribution in [2.24, 2.45) is 0 Å². The highest BCUT2D eigenvalue weighted by Crippen LogP contribution is 2.20. The highest BCUT2D eigenvalue weighted by Gasteiger charge is 2.16. The summed E-state index contributed by atoms with van der Waals surface area (Å²) in [6, 6.07) is 0. The second-order valence-electron chi connectivity index (χ2n) is 29.2. The topological polar surface area (TPSA) is 72.8 Å². The molecule has 0 aliphatic rings. The first-order valence-corrected chi connectivity index (χ1v) is 43.1. The molecule has 0 heterocycles. The molecule has 0 aromatic rings. The molecule has 0 spiro atoms. The molecule has 1 unspecified atom stereocenters. The minimum absolute atomic E-state index is 0.0599. The van der Waals surface area contributed by atoms with Gasteiger partial charge in [-0.2, -0.15) is 0 Å². The van der Waals surface area contributed by atoms with E-state index in [1.54, 1.807) is 0 Å². The van der Waals surface area contributed by atoms with Gasteiger partial charge in [-0.3, -0.25) is 9.59 Å². The van der Waals surface area contributed by atoms with Gasteiger partial charge in [0.15, 0.2) is 6.10 Å². The quantitative estimate of drug-likeness (QED) is 0.0373. The van der Waals surface area contributed by atoms with E-state index < -0.39 is 6.10 Å². The summed E-state index contributed by atoms with van der Waals surface area (Å²) in [6.07, 6.45) is 123. The van der Waals surface area contributed by atoms with Crippen LogP contribution in [-0.2, 0) is 19.1 Å². The van der Waals surface area contributed by atoms with Crippen molar-refractivity contribution in [2.45, 2.75) is 469 Å². The first kappa shape index (κ1) is 93.1. The molecule has 0 rings (SSSR count). The van der Waals surface area contributed by atoms with E-state index in [0.717, 1.165) is 70.6 Å². The number of carbonyl (C=O) groups excluding carboxylic acids is 2. The van der Waals surface area contributed by atoms with Crippen molar-refractivity contribution in [3.63, 3.8) is 0 Å². The van der Waals surface area contributed by atoms with Crippen molar-refractivity contribution in [1.82, 2.24) is 0 Å². The molecule has 0 bridgehead atoms. The van der Waals surface area contributed by atoms with Gasteiger partial charge in [0.05, 0.1) is 6.61 Å². The normalized spacial score (nSPS) is 12.6. The van der Waals surface area contributed by atoms with Crippen LogP contribution in [0, 0.1) is 0 Å². The molecule has 1 atom stereocenters. The van der Waals surface area contributed by atoms with E-state index in [4.69, 9.17) is 9.47 Å². The molecule has 96 heavy (non-hydrogen) atoms. The van der Waals surface area contributed by atoms with Crippen molar-refractivity contribution in [2.75, 3.05) is 13.2 Å². The van der Waals surface area contributed by atoms with Crippen LogP contribution in [0.3, 0.4) is 0 Å². The number of aliphatic hydroxyl groups excluding tert-OH is 1. The van der Waals surface area contributed by atoms with Gasteiger partial charge in [-0.15, -0.1) is 0 Å². The van der Waals surface area contributed by atoms with Gasteiger partial charge in [-0.05, 0) is 89.9 Å². The van der Waals surface area contributed by atoms with Crippen LogP contribution in [0.25, 0.3) is 0 Å². The molecule has 5 nitrogen and oxygen atoms in total. The molecule has 1 N–H and O–H groups in total. The van der Waals surface area contributed by atoms with Crippen LogP contribution in [0.5, 0.6) is 0 Å². The van der Waals surface area contributed by atoms with E-state index in [1.807, 2.05) is 0 Å². The number of ether oxygens (including phenoxy) is 2. The third-order valence-corrected chi connectivity index (χ3v) is 19.7. The minimum Gasteiger partial charge on any atom is -0.462 e. The number of esters is 2. The van der Waals surface area contributed by atoms with Gasteiger partial charge in [0.2, 0.25) is 0 Å². The molecule has 5 heteroatoms. The Balaban J connectivity index is 3.36. The van der Waals surface area contributed by atoms with Crippen LogP contribution in [-0.4, -0.2) is 36.4 Å². The summed E-state index contributed by atoms with van der Waals surface area (Å²) < 4.78 is 10.8. The molecule has 0 aliphatic heterocycles. The maximum atomic E-state index is 12.4. The molecule has 560 valence electrons. The molecule has 0 fully saturated rings. The number of aliphatic hydroxyl groups is 1. The van der Waals surface area contributed by atoms with Crippen LogP contribution in [0.15, 0.2) is 85.1 Å². The van der Waals surface area contributed by atoms with Gasteiger partial charge in [-0.1, -0.05) is 446 Å². The van der Waals surface area contributed by atoms with E-state index in [0.29, 0.717) is 12.8 Å². The second-order valence-corrected chi connectivity index (χ2v) is 29.2. The maximum absolute atomic E-state index is 12.4. The van der Waals surface area contributed by atoms with Gasteiger partial charge in [-0.25, -0.2) is 0 Å². The SMILES string of the molecule is CC/C=C\C/C=C\C/C=C\C/C=C\C/C=C\CCCCCCCCCCCCCCCCCCCCCCCCCCCC(=O)OC(CO)COC(=O)CCCCCCCCCCCCCCCCCCCCCCCCCCCCCCC/C=C\C/C=C\CCCCCCC. The zero-order valence-electron chi connectivity index (χ0n) is 64.7. The van der Waals surface area contributed by atoms with Crippen LogP contribution >= 0.6 is 0 Å². The summed E-state index contributed by atoms with van der Waals surface area (Å²) in [5, 5.41) is 9.74. The number of allylic oxidation sites excluding steroid dienone is 14. The van der Waals surface area contributed by atoms with E-state index >= 15 is 0 Å². The average Bonchev–Trinajstić information content (AvgIpc) is 3.79. The summed E-state index contributed by atoms with van der Waals surface area (Å²) in [6.45, 7) is 4.08. The monoisotopic (exact) mass is 1340 g/mol. The Morgan fingerprint density at radius 1 is 0.250 bits per heavy atom. The van der Waals surface area contributed by atoms with Gasteiger partial charge in [0.25, 0.3) is 0 Å². The molecule has 0 saturated heterocycles. The molecule has 0 aliphatic carbocycles. The van der Waals surface area contributed by atoms with Gasteiger partial charge in [0, 0.05) is 12.8 Å². The Morgan fingerprint density at radius 2 is 0.448 bits per heavy atom. The summed E-state index contributed by atoms with van der Waals surface area (Å²) in [5.41, 5.74) is 0. The lowest BCUT2D eigenvalue weighted by Gasteiger charge is -2.15. The Labute approximate surface area is 600 Å². The minimum atomic E-state index is -0.772. The number of hydrogen-bond acceptors (Lipinski definition) is 5. The highest BCUT2D eigenvalue weighted by atomic mass is 16.6. The molecule has 0 radical (unpaired) electrons. The van der Waals surface area contributed by atoms with Crippen molar-refractivity contribution >= 4 is 11.9 Å². The van der Waals surface area contributed by atoms with Crippen molar-refractivity contribution < 1.29 is 24.2 Å². The lowest BCUT2D eigenvalue weighted by atomic mass is 10.0. The Kier molecular flexibility index (Phi) is 83.7. The zero-order valence-corrected chi connectivity index (χ0v) is 64.7. The fourth-order valence-electron chi connectivity index (χ4n) is 13.3. The number of hydrogen-bond donors (Lipinski definition) is 1. The predicted octanol–water partition coefficient (Wildman–Crippen LogP) is 30.7. The van der Waals surface area contributed by atoms with Gasteiger partial charge in [0.1, 0.15) is 6.61 Å². The fourth-order valence-corrected chi connectivity index (χ4v) is 13.3. The molecular weight excluding hydrogens is 1170 g/mol. The zero-order chi connectivity index (χ0) is 69.0. The Hall–Kier alpha value is -2.92. The highest BCUT2D eigenvalue weighted by molar-refractivity contribution is 5.70. The molecule has 0 saturated carbocycles. The second kappa shape index (κ2) is 86.3. The van der Waals surface area contributed by atoms with Crippen LogP contribution in [0.4, 0.5) is 0 Å². The first-order chi connectivity index (χ1) is 47.6. The molecule has 0 aromatic heterocycles. The molecule has 0 aromatic carbocycles. The first-order valence-electron chi connectivity index (χ1n) is 43.1. The van der Waals surface area contributed by atoms with Crippen LogP contribution in [0.2, 0.25) is 0 Å². The van der Waals surface area contributed by atoms with Gasteiger partial charge >= 0.3 is 11.9 Å². The van der Waals surface area contributed by atoms with E-state index in [1.165, 1.54) is 366 Å². The summed E-state index contributed by atoms with van der Waals surface area (Å²) in [5.74, 6) is -0.563. The van der Waals surface area contributed by atoms with Crippen molar-refractivity contribution in [1.29, 1.82) is 0 Å². The van der Waals surface area contributed by atoms with Crippen molar-refractivity contribution in [3.05, 3.63) is 85.1 Å². The average molecular weight is 1340 g/mol. The van der Waals surface area contributed by atoms with Crippen LogP contribution < -0.4 is 0 Å². The summed E-state index contributed by atoms with van der Waals surface area (Å²) >= 11 is 0. The molecule has 0 amide bonds. The van der Waals surface area contributed by atoms with Crippen molar-refractivity contribution in [3.8, 4) is 0 Å². The van der Waals surface area contributed by atoms with Gasteiger partial charge < -0.3 is 14.6 Å². The maximum Gasteiger partial charge on any atom is 0.306 e. The van der Waals surface area contributed by atoms with E-state index in [-0.39, 0.29) is 25.2 Å². The number of carbonyl (C=O) groups is 2. The lowest BCUT2D eigenvalue weighted by Crippen LogP contribution is -2.28.